The van der Waals surface area contributed by atoms with E-state index in [1.807, 2.05) is 0 Å². The first-order valence-corrected chi connectivity index (χ1v) is 68.8. The van der Waals surface area contributed by atoms with Gasteiger partial charge in [-0.15, -0.1) is 134 Å². The average Bonchev–Trinajstić information content (AvgIpc) is 3.41. The molecule has 38 heteroatoms. The van der Waals surface area contributed by atoms with Crippen molar-refractivity contribution in [1.29, 1.82) is 0 Å². The fourth-order valence-electron chi connectivity index (χ4n) is 8.12. The highest BCUT2D eigenvalue weighted by molar-refractivity contribution is 9.19. The zero-order valence-electron chi connectivity index (χ0n) is 31.9. The molecule has 1 heterocycles. The van der Waals surface area contributed by atoms with Crippen molar-refractivity contribution in [2.75, 3.05) is 0 Å². The molecule has 2 bridgehead atoms. The molecule has 1 N–H and O–H groups in total. The fraction of sp³-hybridized carbons (Fsp3) is 0.800. The van der Waals surface area contributed by atoms with Gasteiger partial charge in [-0.1, -0.05) is 37.7 Å². The van der Waals surface area contributed by atoms with E-state index in [0.29, 0.717) is 20.8 Å². The maximum absolute atomic E-state index is 14.9. The van der Waals surface area contributed by atoms with Crippen LogP contribution in [0.1, 0.15) is 47.0 Å². The Morgan fingerprint density at radius 3 is 1.71 bits per heavy atom. The van der Waals surface area contributed by atoms with Crippen molar-refractivity contribution in [3.63, 3.8) is 0 Å². The van der Waals surface area contributed by atoms with E-state index in [0.717, 1.165) is 11.1 Å². The molecule has 28 unspecified atom stereocenters. The Morgan fingerprint density at radius 2 is 1.24 bits per heavy atom. The molecule has 0 aromatic rings. The molecule has 1 spiro atoms. The van der Waals surface area contributed by atoms with E-state index in [4.69, 9.17) is 23.0 Å². The van der Waals surface area contributed by atoms with Gasteiger partial charge in [0.05, 0.1) is 46.8 Å². The monoisotopic (exact) mass is 1360 g/mol. The predicted octanol–water partition coefficient (Wildman–Crippen LogP) is 18.9. The largest absolute Gasteiger partial charge is 0.509 e. The van der Waals surface area contributed by atoms with Crippen LogP contribution in [0.3, 0.4) is 0 Å². The minimum Gasteiger partial charge on any atom is -0.426 e. The van der Waals surface area contributed by atoms with Crippen LogP contribution in [0.2, 0.25) is 0 Å². The second kappa shape index (κ2) is 27.0. The summed E-state index contributed by atoms with van der Waals surface area (Å²) in [6, 6.07) is 0. The molecule has 4 rings (SSSR count). The van der Waals surface area contributed by atoms with Crippen LogP contribution in [0.25, 0.3) is 0 Å². The topological polar surface area (TPSA) is 101 Å². The maximum Gasteiger partial charge on any atom is 0.509 e. The number of carbonyl (C=O) groups is 2. The molecule has 4 aliphatic rings. The average molecular weight is 1360 g/mol. The van der Waals surface area contributed by atoms with Crippen LogP contribution in [0.4, 0.5) is 4.79 Å². The van der Waals surface area contributed by atoms with E-state index < -0.39 is 151 Å². The Kier molecular flexibility index (Phi) is 28.8. The molecule has 0 radical (unpaired) electrons. The third-order valence-electron chi connectivity index (χ3n) is 10.6. The summed E-state index contributed by atoms with van der Waals surface area (Å²) in [4.78, 5) is 28.8. The van der Waals surface area contributed by atoms with E-state index in [1.165, 1.54) is 0 Å². The lowest BCUT2D eigenvalue weighted by Crippen LogP contribution is -2.69. The second-order valence-corrected chi connectivity index (χ2v) is 121. The van der Waals surface area contributed by atoms with Crippen LogP contribution in [0.15, 0.2) is 11.1 Å². The lowest BCUT2D eigenvalue weighted by atomic mass is 9.48. The van der Waals surface area contributed by atoms with Crippen molar-refractivity contribution in [1.82, 2.24) is 0 Å². The molecular weight excluding hydrogens is 1300 g/mol. The minimum atomic E-state index is -1.28. The van der Waals surface area contributed by atoms with Crippen molar-refractivity contribution in [2.45, 2.75) is 83.1 Å². The molecule has 336 valence electrons. The number of ketones is 1. The van der Waals surface area contributed by atoms with Gasteiger partial charge in [0, 0.05) is 44.6 Å². The molecule has 1 aliphatic heterocycles. The van der Waals surface area contributed by atoms with Gasteiger partial charge in [0.2, 0.25) is 0 Å². The summed E-state index contributed by atoms with van der Waals surface area (Å²) in [6.07, 6.45) is -3.38. The van der Waals surface area contributed by atoms with Crippen molar-refractivity contribution in [3.8, 4) is 0 Å². The van der Waals surface area contributed by atoms with E-state index in [1.54, 1.807) is 0 Å². The highest BCUT2D eigenvalue weighted by Gasteiger charge is 2.74. The molecule has 1 saturated heterocycles. The van der Waals surface area contributed by atoms with Crippen molar-refractivity contribution >= 4 is 255 Å². The lowest BCUT2D eigenvalue weighted by molar-refractivity contribution is -0.185. The first-order chi connectivity index (χ1) is 26.7. The summed E-state index contributed by atoms with van der Waals surface area (Å²) >= 11 is 0. The molecule has 0 aromatic heterocycles. The zero-order valence-corrected chi connectivity index (χ0v) is 63.0. The number of carbonyl (C=O) groups excluding carboxylic acids is 2. The molecule has 2 saturated carbocycles. The maximum atomic E-state index is 14.9. The first kappa shape index (κ1) is 62.0. The summed E-state index contributed by atoms with van der Waals surface area (Å²) in [7, 11) is 46.7. The number of fused-ring (bicyclic) bond motifs is 3. The third-order valence-corrected chi connectivity index (χ3v) is 151. The van der Waals surface area contributed by atoms with Gasteiger partial charge in [-0.05, 0) is 73.4 Å². The van der Waals surface area contributed by atoms with Crippen LogP contribution in [0.5, 0.6) is 0 Å². The number of rotatable bonds is 17. The number of hydrogen-bond donors (Lipinski definition) is 1. The number of hydrogen-bond acceptors (Lipinski definition) is 8. The molecule has 0 amide bonds. The Bertz CT molecular complexity index is 1470. The summed E-state index contributed by atoms with van der Waals surface area (Å²) in [5.74, 6) is -1.21. The van der Waals surface area contributed by atoms with Gasteiger partial charge >= 0.3 is 6.16 Å². The highest BCUT2D eigenvalue weighted by atomic mass is 33.2. The van der Waals surface area contributed by atoms with Crippen molar-refractivity contribution in [2.24, 2.45) is 16.7 Å². The Hall–Kier alpha value is 11.4. The van der Waals surface area contributed by atoms with Gasteiger partial charge in [0.25, 0.3) is 0 Å². The smallest absolute Gasteiger partial charge is 0.426 e. The summed E-state index contributed by atoms with van der Waals surface area (Å²) in [5, 5.41) is 11.8. The van der Waals surface area contributed by atoms with Crippen LogP contribution in [-0.4, -0.2) is 53.2 Å². The van der Waals surface area contributed by atoms with E-state index >= 15 is 0 Å². The Labute approximate surface area is 400 Å². The molecule has 0 aromatic carbocycles. The number of aliphatic hydroxyl groups excluding tert-OH is 1. The SMILES string of the molecule is CC1=C2C(OP(P(P)P)P(PP)P(P)P)C[C@]3(C)C(OP(P(P)P)P(P)P)CC(O)C(=O)C3C3OC(=O)OC3(CC1OP(P(P)P(P)P)P(P(P)P)P(P)P)C2(C)C. The van der Waals surface area contributed by atoms with Gasteiger partial charge in [-0.2, -0.15) is 0 Å². The standard InChI is InChI=1S/C20H58O8P30/c1-8-10(26-48(56(44)52(36)37)58(54(40)41)55(42)43)7-20-16(24-17(23)25-20)14-15(22)9(21)5-12(28-46(49(30)31)50(32)33)19(14,4)6-11(13(8)18(20,2)3)27-47(51(34)35)57(45-29)53(38)39/h9-12,14,16,21,45H,5-7,29-44H2,1-4H3/t9?,10?,11?,12?,14?,16?,19-,20?,47?,48?,56?,57?/m1/s1. The summed E-state index contributed by atoms with van der Waals surface area (Å²) in [5.41, 5.74) is -0.745. The number of Topliss-reactive ketones (excluding diaryl/α,β-unsaturated/α-hetero) is 1. The van der Waals surface area contributed by atoms with E-state index in [9.17, 15) is 14.7 Å². The first-order valence-electron chi connectivity index (χ1n) is 16.6. The van der Waals surface area contributed by atoms with Crippen LogP contribution >= 0.6 is 243 Å². The zero-order chi connectivity index (χ0) is 44.1. The van der Waals surface area contributed by atoms with Gasteiger partial charge in [-0.3, -0.25) is 4.79 Å². The molecular formula is C20H58O8P30. The van der Waals surface area contributed by atoms with Gasteiger partial charge in [0.15, 0.2) is 17.5 Å². The summed E-state index contributed by atoms with van der Waals surface area (Å²) in [6.45, 7) is 3.37. The molecule has 3 fully saturated rings. The number of aliphatic hydroxyl groups is 1. The fourth-order valence-corrected chi connectivity index (χ4v) is 203. The minimum absolute atomic E-state index is 0.172. The normalized spacial score (nSPS) is 33.8. The summed E-state index contributed by atoms with van der Waals surface area (Å²) < 4.78 is 35.7. The second-order valence-electron chi connectivity index (χ2n) is 14.3. The van der Waals surface area contributed by atoms with Crippen LogP contribution in [-0.2, 0) is 27.8 Å². The lowest BCUT2D eigenvalue weighted by Gasteiger charge is -2.61. The Balaban J connectivity index is 2.10. The molecule has 3 aliphatic carbocycles. The Morgan fingerprint density at radius 1 is 0.707 bits per heavy atom. The van der Waals surface area contributed by atoms with E-state index in [-0.39, 0.29) is 12.2 Å². The third kappa shape index (κ3) is 14.1. The number of ether oxygens (including phenoxy) is 2. The van der Waals surface area contributed by atoms with Gasteiger partial charge in [0.1, 0.15) is 6.10 Å². The molecule has 8 nitrogen and oxygen atoms in total. The van der Waals surface area contributed by atoms with E-state index in [2.05, 4.69) is 171 Å². The quantitative estimate of drug-likeness (QED) is 0.0873. The van der Waals surface area contributed by atoms with Crippen LogP contribution < -0.4 is 0 Å². The van der Waals surface area contributed by atoms with Gasteiger partial charge < -0.3 is 28.2 Å². The van der Waals surface area contributed by atoms with Crippen molar-refractivity contribution in [3.05, 3.63) is 11.1 Å². The van der Waals surface area contributed by atoms with Crippen LogP contribution in [0, 0.1) is 16.7 Å². The highest BCUT2D eigenvalue weighted by Crippen LogP contribution is 3.18. The van der Waals surface area contributed by atoms with Gasteiger partial charge in [-0.25, -0.2) is 4.79 Å². The predicted molar refractivity (Wildman–Crippen MR) is 345 cm³/mol. The molecule has 29 atom stereocenters. The molecule has 58 heavy (non-hydrogen) atoms. The van der Waals surface area contributed by atoms with Crippen molar-refractivity contribution < 1.29 is 37.7 Å².